The molecule has 0 amide bonds. The van der Waals surface area contributed by atoms with Crippen molar-refractivity contribution >= 4 is 33.5 Å². The Bertz CT molecular complexity index is 633. The summed E-state index contributed by atoms with van der Waals surface area (Å²) in [5.41, 5.74) is 3.35. The third-order valence-electron chi connectivity index (χ3n) is 3.08. The number of nitrogens with zero attached hydrogens (tertiary/aromatic N) is 3. The first-order valence-electron chi connectivity index (χ1n) is 6.60. The average Bonchev–Trinajstić information content (AvgIpc) is 2.93. The summed E-state index contributed by atoms with van der Waals surface area (Å²) in [6.45, 7) is 3.09. The number of pyridine rings is 1. The van der Waals surface area contributed by atoms with Crippen molar-refractivity contribution in [1.29, 1.82) is 0 Å². The highest BCUT2D eigenvalue weighted by Gasteiger charge is 2.20. The fourth-order valence-corrected chi connectivity index (χ4v) is 3.51. The Hall–Kier alpha value is -1.14. The second kappa shape index (κ2) is 6.10. The molecule has 1 aliphatic rings. The van der Waals surface area contributed by atoms with Crippen LogP contribution in [-0.2, 0) is 11.5 Å². The first kappa shape index (κ1) is 13.8. The number of hydrogen-bond acceptors (Lipinski definition) is 5. The van der Waals surface area contributed by atoms with Gasteiger partial charge in [0, 0.05) is 46.0 Å². The Labute approximate surface area is 131 Å². The van der Waals surface area contributed by atoms with Crippen LogP contribution in [0.3, 0.4) is 0 Å². The number of anilines is 1. The molecule has 0 atom stereocenters. The van der Waals surface area contributed by atoms with Gasteiger partial charge in [0.25, 0.3) is 0 Å². The summed E-state index contributed by atoms with van der Waals surface area (Å²) in [6, 6.07) is 2.00. The molecule has 0 spiro atoms. The zero-order chi connectivity index (χ0) is 13.9. The van der Waals surface area contributed by atoms with Crippen LogP contribution in [0.2, 0.25) is 0 Å². The Morgan fingerprint density at radius 2 is 2.20 bits per heavy atom. The topological polar surface area (TPSA) is 50.7 Å². The maximum atomic E-state index is 4.70. The molecule has 4 nitrogen and oxygen atoms in total. The summed E-state index contributed by atoms with van der Waals surface area (Å²) in [6.07, 6.45) is 4.65. The third-order valence-corrected chi connectivity index (χ3v) is 4.49. The third kappa shape index (κ3) is 2.81. The van der Waals surface area contributed by atoms with Gasteiger partial charge in [0.15, 0.2) is 5.82 Å². The van der Waals surface area contributed by atoms with Gasteiger partial charge in [-0.15, -0.1) is 0 Å². The molecule has 20 heavy (non-hydrogen) atoms. The van der Waals surface area contributed by atoms with Crippen LogP contribution in [0.4, 0.5) is 5.82 Å². The molecule has 3 rings (SSSR count). The normalized spacial score (nSPS) is 13.3. The number of hydrogen-bond donors (Lipinski definition) is 1. The van der Waals surface area contributed by atoms with Crippen LogP contribution in [0.5, 0.6) is 0 Å². The first-order valence-corrected chi connectivity index (χ1v) is 8.55. The van der Waals surface area contributed by atoms with Crippen LogP contribution in [0.1, 0.15) is 24.6 Å². The van der Waals surface area contributed by atoms with Crippen LogP contribution in [0.25, 0.3) is 11.4 Å². The summed E-state index contributed by atoms with van der Waals surface area (Å²) >= 11 is 5.33. The smallest absolute Gasteiger partial charge is 0.163 e. The van der Waals surface area contributed by atoms with Crippen LogP contribution in [0.15, 0.2) is 22.9 Å². The monoisotopic (exact) mass is 350 g/mol. The molecule has 3 heterocycles. The Morgan fingerprint density at radius 1 is 1.30 bits per heavy atom. The van der Waals surface area contributed by atoms with E-state index < -0.39 is 0 Å². The minimum absolute atomic E-state index is 0.749. The van der Waals surface area contributed by atoms with Crippen LogP contribution < -0.4 is 5.32 Å². The maximum absolute atomic E-state index is 4.70. The second-order valence-electron chi connectivity index (χ2n) is 4.63. The Morgan fingerprint density at radius 3 is 3.00 bits per heavy atom. The molecule has 0 fully saturated rings. The lowest BCUT2D eigenvalue weighted by Gasteiger charge is -2.11. The average molecular weight is 351 g/mol. The molecular weight excluding hydrogens is 336 g/mol. The van der Waals surface area contributed by atoms with Crippen LogP contribution >= 0.6 is 27.7 Å². The van der Waals surface area contributed by atoms with E-state index in [0.29, 0.717) is 0 Å². The van der Waals surface area contributed by atoms with Gasteiger partial charge in [0.2, 0.25) is 0 Å². The van der Waals surface area contributed by atoms with Crippen molar-refractivity contribution in [3.63, 3.8) is 0 Å². The molecule has 0 aliphatic carbocycles. The lowest BCUT2D eigenvalue weighted by atomic mass is 10.2. The molecule has 0 saturated heterocycles. The molecule has 2 aromatic rings. The lowest BCUT2D eigenvalue weighted by Crippen LogP contribution is -2.08. The van der Waals surface area contributed by atoms with Gasteiger partial charge in [-0.3, -0.25) is 4.98 Å². The minimum Gasteiger partial charge on any atom is -0.370 e. The minimum atomic E-state index is 0.749. The second-order valence-corrected chi connectivity index (χ2v) is 6.53. The molecular formula is C14H15BrN4S. The molecule has 0 unspecified atom stereocenters. The largest absolute Gasteiger partial charge is 0.370 e. The summed E-state index contributed by atoms with van der Waals surface area (Å²) in [7, 11) is 0. The maximum Gasteiger partial charge on any atom is 0.163 e. The van der Waals surface area contributed by atoms with E-state index in [9.17, 15) is 0 Å². The molecule has 0 saturated carbocycles. The molecule has 0 radical (unpaired) electrons. The molecule has 0 bridgehead atoms. The molecule has 1 aliphatic heterocycles. The van der Waals surface area contributed by atoms with Crippen LogP contribution in [-0.4, -0.2) is 21.5 Å². The lowest BCUT2D eigenvalue weighted by molar-refractivity contribution is 0.955. The molecule has 0 aromatic carbocycles. The molecule has 1 N–H and O–H groups in total. The van der Waals surface area contributed by atoms with Crippen molar-refractivity contribution in [2.24, 2.45) is 0 Å². The van der Waals surface area contributed by atoms with E-state index in [4.69, 9.17) is 9.97 Å². The highest BCUT2D eigenvalue weighted by atomic mass is 79.9. The highest BCUT2D eigenvalue weighted by Crippen LogP contribution is 2.34. The van der Waals surface area contributed by atoms with E-state index in [1.807, 2.05) is 17.8 Å². The van der Waals surface area contributed by atoms with Crippen molar-refractivity contribution in [1.82, 2.24) is 15.0 Å². The van der Waals surface area contributed by atoms with Gasteiger partial charge in [-0.05, 0) is 28.4 Å². The summed E-state index contributed by atoms with van der Waals surface area (Å²) in [5.74, 6) is 3.70. The van der Waals surface area contributed by atoms with E-state index in [1.54, 1.807) is 12.4 Å². The van der Waals surface area contributed by atoms with Crippen molar-refractivity contribution in [2.75, 3.05) is 11.9 Å². The quantitative estimate of drug-likeness (QED) is 0.906. The van der Waals surface area contributed by atoms with E-state index in [2.05, 4.69) is 33.2 Å². The Kier molecular flexibility index (Phi) is 4.21. The molecule has 6 heteroatoms. The predicted octanol–water partition coefficient (Wildman–Crippen LogP) is 3.87. The van der Waals surface area contributed by atoms with E-state index in [1.165, 1.54) is 5.56 Å². The van der Waals surface area contributed by atoms with Gasteiger partial charge in [0.1, 0.15) is 5.82 Å². The fourth-order valence-electron chi connectivity index (χ4n) is 2.10. The van der Waals surface area contributed by atoms with Gasteiger partial charge < -0.3 is 5.32 Å². The van der Waals surface area contributed by atoms with Gasteiger partial charge in [-0.1, -0.05) is 6.92 Å². The summed E-state index contributed by atoms with van der Waals surface area (Å²) in [4.78, 5) is 13.6. The van der Waals surface area contributed by atoms with Crippen molar-refractivity contribution < 1.29 is 0 Å². The van der Waals surface area contributed by atoms with Gasteiger partial charge in [0.05, 0.1) is 5.69 Å². The molecule has 2 aromatic heterocycles. The van der Waals surface area contributed by atoms with Crippen molar-refractivity contribution in [3.8, 4) is 11.4 Å². The summed E-state index contributed by atoms with van der Waals surface area (Å²) in [5, 5.41) is 3.42. The zero-order valence-corrected chi connectivity index (χ0v) is 13.6. The van der Waals surface area contributed by atoms with E-state index >= 15 is 0 Å². The van der Waals surface area contributed by atoms with Gasteiger partial charge in [-0.2, -0.15) is 11.8 Å². The predicted molar refractivity (Wildman–Crippen MR) is 86.7 cm³/mol. The zero-order valence-electron chi connectivity index (χ0n) is 11.2. The standard InChI is InChI=1S/C14H15BrN4S/c1-2-3-17-14-11-7-20-8-12(11)18-13(19-14)9-4-10(15)6-16-5-9/h4-6H,2-3,7-8H2,1H3,(H,17,18,19). The number of aromatic nitrogens is 3. The van der Waals surface area contributed by atoms with Crippen molar-refractivity contribution in [2.45, 2.75) is 24.9 Å². The van der Waals surface area contributed by atoms with E-state index in [-0.39, 0.29) is 0 Å². The number of fused-ring (bicyclic) bond motifs is 1. The number of halogens is 1. The van der Waals surface area contributed by atoms with Crippen molar-refractivity contribution in [3.05, 3.63) is 34.2 Å². The van der Waals surface area contributed by atoms with Crippen LogP contribution in [0, 0.1) is 0 Å². The first-order chi connectivity index (χ1) is 9.78. The number of nitrogens with one attached hydrogen (secondary N) is 1. The SMILES string of the molecule is CCCNc1nc(-c2cncc(Br)c2)nc2c1CSC2. The fraction of sp³-hybridized carbons (Fsp3) is 0.357. The van der Waals surface area contributed by atoms with E-state index in [0.717, 1.165) is 51.8 Å². The Balaban J connectivity index is 2.04. The highest BCUT2D eigenvalue weighted by molar-refractivity contribution is 9.10. The molecule has 104 valence electrons. The van der Waals surface area contributed by atoms with Gasteiger partial charge in [-0.25, -0.2) is 9.97 Å². The number of thioether (sulfide) groups is 1. The number of rotatable bonds is 4. The van der Waals surface area contributed by atoms with Gasteiger partial charge >= 0.3 is 0 Å². The summed E-state index contributed by atoms with van der Waals surface area (Å²) < 4.78 is 0.941.